The van der Waals surface area contributed by atoms with Crippen LogP contribution in [0.4, 0.5) is 0 Å². The summed E-state index contributed by atoms with van der Waals surface area (Å²) in [5.74, 6) is 0. The lowest BCUT2D eigenvalue weighted by molar-refractivity contribution is 1.27. The highest BCUT2D eigenvalue weighted by Crippen LogP contribution is 1.79. The molecule has 2 heteroatoms. The Morgan fingerprint density at radius 3 is 1.75 bits per heavy atom. The molecular formula is C10H11NS. The molecule has 0 amide bonds. The molecule has 0 heterocycles. The molecule has 0 spiro atoms. The van der Waals surface area contributed by atoms with Crippen LogP contribution < -0.4 is 0 Å². The number of aliphatic imine (C=N–C) groups is 1. The minimum Gasteiger partial charge on any atom is -0.228 e. The Balaban J connectivity index is 0.000000202. The first kappa shape index (κ1) is 10.8. The number of isothiocyanates is 1. The summed E-state index contributed by atoms with van der Waals surface area (Å²) in [6.45, 7) is 4.00. The molecule has 0 saturated carbocycles. The zero-order valence-electron chi connectivity index (χ0n) is 6.81. The number of hydrogen-bond acceptors (Lipinski definition) is 2. The van der Waals surface area contributed by atoms with Crippen molar-refractivity contribution in [3.63, 3.8) is 0 Å². The average molecular weight is 177 g/mol. The predicted molar refractivity (Wildman–Crippen MR) is 56.5 cm³/mol. The Hall–Kier alpha value is -1.24. The fourth-order valence-corrected chi connectivity index (χ4v) is 0.561. The van der Waals surface area contributed by atoms with Crippen molar-refractivity contribution in [2.45, 2.75) is 0 Å². The summed E-state index contributed by atoms with van der Waals surface area (Å²) >= 11 is 4.25. The van der Waals surface area contributed by atoms with Gasteiger partial charge in [-0.05, 0) is 12.2 Å². The fourth-order valence-electron chi connectivity index (χ4n) is 0.487. The van der Waals surface area contributed by atoms with E-state index in [-0.39, 0.29) is 0 Å². The molecule has 1 rings (SSSR count). The Kier molecular flexibility index (Phi) is 8.75. The van der Waals surface area contributed by atoms with Crippen LogP contribution in [0.3, 0.4) is 0 Å². The maximum atomic E-state index is 4.25. The summed E-state index contributed by atoms with van der Waals surface area (Å²) in [6, 6.07) is 12.0. The fraction of sp³-hybridized carbons (Fsp3) is 0.100. The molecule has 1 nitrogen and oxygen atoms in total. The quantitative estimate of drug-likeness (QED) is 0.384. The van der Waals surface area contributed by atoms with E-state index in [1.165, 1.54) is 0 Å². The van der Waals surface area contributed by atoms with E-state index in [0.717, 1.165) is 0 Å². The van der Waals surface area contributed by atoms with Gasteiger partial charge in [0, 0.05) is 0 Å². The molecule has 12 heavy (non-hydrogen) atoms. The van der Waals surface area contributed by atoms with Crippen molar-refractivity contribution in [3.8, 4) is 0 Å². The van der Waals surface area contributed by atoms with Crippen molar-refractivity contribution in [2.75, 3.05) is 6.54 Å². The molecule has 0 aliphatic heterocycles. The van der Waals surface area contributed by atoms with Gasteiger partial charge in [-0.1, -0.05) is 42.5 Å². The third-order valence-corrected chi connectivity index (χ3v) is 1.08. The molecule has 0 aliphatic rings. The first-order valence-corrected chi connectivity index (χ1v) is 3.97. The number of rotatable bonds is 2. The lowest BCUT2D eigenvalue weighted by atomic mass is 10.4. The highest BCUT2D eigenvalue weighted by atomic mass is 32.1. The second-order valence-electron chi connectivity index (χ2n) is 1.88. The number of thiocarbonyl (C=S) groups is 1. The summed E-state index contributed by atoms with van der Waals surface area (Å²) in [5.41, 5.74) is 0. The SMILES string of the molecule is C=CCN=C=S.c1ccccc1. The van der Waals surface area contributed by atoms with E-state index in [9.17, 15) is 0 Å². The topological polar surface area (TPSA) is 12.4 Å². The lowest BCUT2D eigenvalue weighted by Gasteiger charge is -1.69. The van der Waals surface area contributed by atoms with Gasteiger partial charge in [0.2, 0.25) is 0 Å². The monoisotopic (exact) mass is 177 g/mol. The van der Waals surface area contributed by atoms with E-state index < -0.39 is 0 Å². The van der Waals surface area contributed by atoms with Gasteiger partial charge in [-0.2, -0.15) is 0 Å². The van der Waals surface area contributed by atoms with Crippen LogP contribution in [0.1, 0.15) is 0 Å². The van der Waals surface area contributed by atoms with E-state index >= 15 is 0 Å². The van der Waals surface area contributed by atoms with E-state index in [4.69, 9.17) is 0 Å². The molecule has 1 aromatic carbocycles. The third kappa shape index (κ3) is 8.76. The summed E-state index contributed by atoms with van der Waals surface area (Å²) in [5, 5.41) is 2.21. The molecule has 0 atom stereocenters. The van der Waals surface area contributed by atoms with Gasteiger partial charge in [-0.3, -0.25) is 0 Å². The van der Waals surface area contributed by atoms with Crippen LogP contribution in [-0.4, -0.2) is 11.7 Å². The first-order chi connectivity index (χ1) is 5.91. The predicted octanol–water partition coefficient (Wildman–Crippen LogP) is 2.96. The van der Waals surface area contributed by atoms with Gasteiger partial charge >= 0.3 is 0 Å². The van der Waals surface area contributed by atoms with Crippen molar-refractivity contribution in [2.24, 2.45) is 4.99 Å². The molecule has 0 saturated heterocycles. The summed E-state index contributed by atoms with van der Waals surface area (Å²) in [6.07, 6.45) is 1.67. The van der Waals surface area contributed by atoms with Gasteiger partial charge in [-0.15, -0.1) is 6.58 Å². The highest BCUT2D eigenvalue weighted by molar-refractivity contribution is 7.78. The highest BCUT2D eigenvalue weighted by Gasteiger charge is 1.58. The summed E-state index contributed by atoms with van der Waals surface area (Å²) < 4.78 is 0. The molecule has 62 valence electrons. The standard InChI is InChI=1S/C6H6.C4H5NS/c1-2-4-6-5-3-1;1-2-3-5-4-6/h1-6H;2H,1,3H2. The van der Waals surface area contributed by atoms with Gasteiger partial charge in [0.15, 0.2) is 0 Å². The molecule has 0 unspecified atom stereocenters. The van der Waals surface area contributed by atoms with Crippen molar-refractivity contribution in [1.82, 2.24) is 0 Å². The zero-order valence-corrected chi connectivity index (χ0v) is 7.63. The van der Waals surface area contributed by atoms with Crippen molar-refractivity contribution < 1.29 is 0 Å². The maximum absolute atomic E-state index is 4.25. The Morgan fingerprint density at radius 2 is 1.58 bits per heavy atom. The maximum Gasteiger partial charge on any atom is 0.0671 e. The number of benzene rings is 1. The third-order valence-electron chi connectivity index (χ3n) is 0.952. The van der Waals surface area contributed by atoms with E-state index in [2.05, 4.69) is 29.0 Å². The minimum atomic E-state index is 0.587. The second kappa shape index (κ2) is 9.76. The lowest BCUT2D eigenvalue weighted by Crippen LogP contribution is -1.61. The van der Waals surface area contributed by atoms with Crippen molar-refractivity contribution >= 4 is 17.4 Å². The van der Waals surface area contributed by atoms with Gasteiger partial charge < -0.3 is 0 Å². The summed E-state index contributed by atoms with van der Waals surface area (Å²) in [7, 11) is 0. The molecule has 0 aliphatic carbocycles. The minimum absolute atomic E-state index is 0.587. The van der Waals surface area contributed by atoms with E-state index in [1.807, 2.05) is 36.4 Å². The molecule has 0 aromatic heterocycles. The molecular weight excluding hydrogens is 166 g/mol. The van der Waals surface area contributed by atoms with Crippen molar-refractivity contribution in [3.05, 3.63) is 49.1 Å². The Morgan fingerprint density at radius 1 is 1.17 bits per heavy atom. The van der Waals surface area contributed by atoms with Gasteiger partial charge in [0.1, 0.15) is 0 Å². The summed E-state index contributed by atoms with van der Waals surface area (Å²) in [4.78, 5) is 3.54. The zero-order chi connectivity index (χ0) is 9.07. The first-order valence-electron chi connectivity index (χ1n) is 3.56. The van der Waals surface area contributed by atoms with Crippen LogP contribution in [0.2, 0.25) is 0 Å². The molecule has 0 bridgehead atoms. The van der Waals surface area contributed by atoms with Crippen LogP contribution in [0.25, 0.3) is 0 Å². The number of nitrogens with zero attached hydrogens (tertiary/aromatic N) is 1. The Bertz CT molecular complexity index is 211. The van der Waals surface area contributed by atoms with Crippen LogP contribution in [0.15, 0.2) is 54.0 Å². The van der Waals surface area contributed by atoms with Gasteiger partial charge in [0.25, 0.3) is 0 Å². The molecule has 0 N–H and O–H groups in total. The molecule has 0 radical (unpaired) electrons. The normalized spacial score (nSPS) is 7.00. The Labute approximate surface area is 78.5 Å². The largest absolute Gasteiger partial charge is 0.228 e. The van der Waals surface area contributed by atoms with Crippen LogP contribution in [0.5, 0.6) is 0 Å². The smallest absolute Gasteiger partial charge is 0.0671 e. The van der Waals surface area contributed by atoms with Crippen molar-refractivity contribution in [1.29, 1.82) is 0 Å². The van der Waals surface area contributed by atoms with Gasteiger partial charge in [-0.25, -0.2) is 4.99 Å². The van der Waals surface area contributed by atoms with Crippen LogP contribution in [0, 0.1) is 0 Å². The van der Waals surface area contributed by atoms with E-state index in [0.29, 0.717) is 6.54 Å². The van der Waals surface area contributed by atoms with E-state index in [1.54, 1.807) is 6.08 Å². The van der Waals surface area contributed by atoms with Crippen LogP contribution >= 0.6 is 12.2 Å². The van der Waals surface area contributed by atoms with Gasteiger partial charge in [0.05, 0.1) is 11.7 Å². The molecule has 0 fully saturated rings. The second-order valence-corrected chi connectivity index (χ2v) is 2.06. The van der Waals surface area contributed by atoms with Crippen LogP contribution in [-0.2, 0) is 0 Å². The number of hydrogen-bond donors (Lipinski definition) is 0. The average Bonchev–Trinajstić information content (AvgIpc) is 2.18. The molecule has 1 aromatic rings.